The van der Waals surface area contributed by atoms with Crippen molar-refractivity contribution in [2.45, 2.75) is 131 Å². The quantitative estimate of drug-likeness (QED) is 0.339. The molecular weight excluding hydrogens is 556 g/mol. The highest BCUT2D eigenvalue weighted by atomic mass is 16.7. The number of ketones is 2. The van der Waals surface area contributed by atoms with E-state index in [1.807, 2.05) is 48.6 Å². The Morgan fingerprint density at radius 1 is 0.884 bits per heavy atom. The number of cyclic esters (lactones) is 1. The van der Waals surface area contributed by atoms with Crippen molar-refractivity contribution in [3.63, 3.8) is 0 Å². The lowest BCUT2D eigenvalue weighted by Gasteiger charge is -2.34. The number of rotatable bonds is 3. The van der Waals surface area contributed by atoms with Gasteiger partial charge in [0.1, 0.15) is 24.1 Å². The average Bonchev–Trinajstić information content (AvgIpc) is 3.39. The molecule has 0 bridgehead atoms. The van der Waals surface area contributed by atoms with Gasteiger partial charge in [0.15, 0.2) is 12.4 Å². The van der Waals surface area contributed by atoms with Crippen LogP contribution >= 0.6 is 0 Å². The third-order valence-electron chi connectivity index (χ3n) is 8.19. The van der Waals surface area contributed by atoms with E-state index in [0.29, 0.717) is 25.0 Å². The number of hydrogen-bond donors (Lipinski definition) is 2. The Labute approximate surface area is 259 Å². The lowest BCUT2D eigenvalue weighted by Crippen LogP contribution is -2.46. The summed E-state index contributed by atoms with van der Waals surface area (Å²) in [7, 11) is 5.23. The van der Waals surface area contributed by atoms with Crippen molar-refractivity contribution in [2.75, 3.05) is 27.9 Å². The van der Waals surface area contributed by atoms with Crippen LogP contribution < -0.4 is 10.6 Å². The maximum Gasteiger partial charge on any atom is 0.407 e. The van der Waals surface area contributed by atoms with Crippen molar-refractivity contribution >= 4 is 23.6 Å². The standard InChI is InChI=1S/C20H31NO7.C8H17NO2.2C2H6/c1-10-7-20(5,26-6)8-11(2)17(23)13(4)18(24)27-9-14-15(12(3)16(10)22)21-19(25)28-14;1-6-4-7(9-2)5-8(10-3)11-6;2*1-2/h10-15H,7-9H2,1-6H3,(H,21,25);6-9H,4-5H2,1-3H3;2*1-2H3/t10-,11-,12?,13?,14?,15?,20-;;;/m1.../s1. The SMILES string of the molecule is CC.CC.CNC1CC(C)OC(OC)C1.CO[C@@]1(C)C[C@@H](C)C(=O)C(C)C(=O)OCC2OC(=O)NC2C(C)C(=O)[C@H](C)C1. The molecule has 0 aromatic rings. The molecular formula is C32H60N2O9. The first-order chi connectivity index (χ1) is 20.2. The monoisotopic (exact) mass is 616 g/mol. The van der Waals surface area contributed by atoms with Crippen molar-refractivity contribution in [1.29, 1.82) is 0 Å². The zero-order valence-corrected chi connectivity index (χ0v) is 28.9. The summed E-state index contributed by atoms with van der Waals surface area (Å²) in [6, 6.07) is -0.0550. The smallest absolute Gasteiger partial charge is 0.407 e. The molecule has 0 aromatic heterocycles. The van der Waals surface area contributed by atoms with E-state index < -0.39 is 47.6 Å². The second-order valence-electron chi connectivity index (χ2n) is 11.5. The number of methoxy groups -OCH3 is 2. The number of nitrogens with one attached hydrogen (secondary N) is 2. The summed E-state index contributed by atoms with van der Waals surface area (Å²) < 4.78 is 26.7. The minimum Gasteiger partial charge on any atom is -0.461 e. The number of amides is 1. The number of ether oxygens (including phenoxy) is 5. The Hall–Kier alpha value is -2.08. The molecule has 11 nitrogen and oxygen atoms in total. The van der Waals surface area contributed by atoms with Gasteiger partial charge in [-0.3, -0.25) is 14.4 Å². The van der Waals surface area contributed by atoms with Gasteiger partial charge in [0.05, 0.1) is 17.7 Å². The molecule has 10 atom stereocenters. The summed E-state index contributed by atoms with van der Waals surface area (Å²) in [4.78, 5) is 49.7. The van der Waals surface area contributed by atoms with E-state index in [9.17, 15) is 19.2 Å². The molecule has 0 aliphatic carbocycles. The molecule has 2 N–H and O–H groups in total. The third-order valence-corrected chi connectivity index (χ3v) is 8.19. The highest BCUT2D eigenvalue weighted by Crippen LogP contribution is 2.32. The Morgan fingerprint density at radius 3 is 1.95 bits per heavy atom. The summed E-state index contributed by atoms with van der Waals surface area (Å²) in [5.41, 5.74) is -0.702. The minimum absolute atomic E-state index is 0.0174. The second-order valence-corrected chi connectivity index (χ2v) is 11.5. The van der Waals surface area contributed by atoms with Gasteiger partial charge in [-0.1, -0.05) is 48.5 Å². The molecule has 43 heavy (non-hydrogen) atoms. The number of alkyl carbamates (subject to hydrolysis) is 1. The first kappa shape index (κ1) is 40.9. The Bertz CT molecular complexity index is 858. The molecule has 3 fully saturated rings. The van der Waals surface area contributed by atoms with E-state index in [0.717, 1.165) is 12.8 Å². The van der Waals surface area contributed by atoms with Crippen LogP contribution in [-0.2, 0) is 38.1 Å². The largest absolute Gasteiger partial charge is 0.461 e. The van der Waals surface area contributed by atoms with E-state index >= 15 is 0 Å². The van der Waals surface area contributed by atoms with Gasteiger partial charge in [-0.2, -0.15) is 0 Å². The van der Waals surface area contributed by atoms with Crippen molar-refractivity contribution < 1.29 is 42.9 Å². The number of hydrogen-bond acceptors (Lipinski definition) is 10. The molecule has 3 saturated heterocycles. The summed E-state index contributed by atoms with van der Waals surface area (Å²) in [5.74, 6) is -3.18. The highest BCUT2D eigenvalue weighted by molar-refractivity contribution is 5.99. The Morgan fingerprint density at radius 2 is 1.44 bits per heavy atom. The molecule has 0 radical (unpaired) electrons. The van der Waals surface area contributed by atoms with Gasteiger partial charge in [0.25, 0.3) is 0 Å². The molecule has 3 heterocycles. The van der Waals surface area contributed by atoms with E-state index in [1.165, 1.54) is 6.92 Å². The molecule has 11 heteroatoms. The van der Waals surface area contributed by atoms with Gasteiger partial charge in [-0.25, -0.2) is 4.79 Å². The Balaban J connectivity index is 0.000000977. The molecule has 3 aliphatic rings. The van der Waals surface area contributed by atoms with Crippen LogP contribution in [0.3, 0.4) is 0 Å². The average molecular weight is 617 g/mol. The lowest BCUT2D eigenvalue weighted by molar-refractivity contribution is -0.180. The van der Waals surface area contributed by atoms with Crippen molar-refractivity contribution in [3.05, 3.63) is 0 Å². The van der Waals surface area contributed by atoms with Crippen LogP contribution in [0.5, 0.6) is 0 Å². The first-order valence-corrected chi connectivity index (χ1v) is 15.9. The van der Waals surface area contributed by atoms with Gasteiger partial charge in [-0.05, 0) is 47.1 Å². The number of fused-ring (bicyclic) bond motifs is 1. The Kier molecular flexibility index (Phi) is 19.1. The molecule has 0 spiro atoms. The van der Waals surface area contributed by atoms with Crippen LogP contribution in [0.2, 0.25) is 0 Å². The molecule has 3 rings (SSSR count). The predicted molar refractivity (Wildman–Crippen MR) is 166 cm³/mol. The van der Waals surface area contributed by atoms with E-state index in [2.05, 4.69) is 17.6 Å². The van der Waals surface area contributed by atoms with Gasteiger partial charge < -0.3 is 34.3 Å². The maximum absolute atomic E-state index is 13.0. The van der Waals surface area contributed by atoms with Gasteiger partial charge >= 0.3 is 12.1 Å². The molecule has 3 aliphatic heterocycles. The first-order valence-electron chi connectivity index (χ1n) is 15.9. The second kappa shape index (κ2) is 20.0. The zero-order chi connectivity index (χ0) is 33.5. The van der Waals surface area contributed by atoms with Gasteiger partial charge in [-0.15, -0.1) is 0 Å². The van der Waals surface area contributed by atoms with Crippen LogP contribution in [-0.4, -0.2) is 87.7 Å². The van der Waals surface area contributed by atoms with E-state index in [1.54, 1.807) is 28.1 Å². The van der Waals surface area contributed by atoms with Crippen LogP contribution in [0, 0.1) is 23.7 Å². The number of carbonyl (C=O) groups is 4. The molecule has 0 saturated carbocycles. The zero-order valence-electron chi connectivity index (χ0n) is 28.9. The lowest BCUT2D eigenvalue weighted by atomic mass is 9.78. The number of Topliss-reactive ketones (excluding diaryl/α,β-unsaturated/α-hetero) is 2. The predicted octanol–water partition coefficient (Wildman–Crippen LogP) is 4.69. The summed E-state index contributed by atoms with van der Waals surface area (Å²) in [6.07, 6.45) is 1.71. The van der Waals surface area contributed by atoms with Crippen molar-refractivity contribution in [2.24, 2.45) is 23.7 Å². The van der Waals surface area contributed by atoms with Gasteiger partial charge in [0, 0.05) is 44.4 Å². The van der Waals surface area contributed by atoms with Crippen LogP contribution in [0.1, 0.15) is 94.9 Å². The van der Waals surface area contributed by atoms with Crippen molar-refractivity contribution in [3.8, 4) is 0 Å². The van der Waals surface area contributed by atoms with Crippen LogP contribution in [0.15, 0.2) is 0 Å². The van der Waals surface area contributed by atoms with Crippen molar-refractivity contribution in [1.82, 2.24) is 10.6 Å². The summed E-state index contributed by atoms with van der Waals surface area (Å²) in [6.45, 7) is 18.6. The van der Waals surface area contributed by atoms with Gasteiger partial charge in [0.2, 0.25) is 0 Å². The fourth-order valence-electron chi connectivity index (χ4n) is 5.75. The minimum atomic E-state index is -0.931. The molecule has 1 amide bonds. The molecule has 7 unspecified atom stereocenters. The maximum atomic E-state index is 13.0. The molecule has 0 aromatic carbocycles. The fourth-order valence-corrected chi connectivity index (χ4v) is 5.75. The summed E-state index contributed by atoms with van der Waals surface area (Å²) >= 11 is 0. The highest BCUT2D eigenvalue weighted by Gasteiger charge is 2.44. The number of esters is 1. The number of carbonyl (C=O) groups excluding carboxylic acids is 4. The van der Waals surface area contributed by atoms with E-state index in [-0.39, 0.29) is 30.4 Å². The third kappa shape index (κ3) is 12.4. The van der Waals surface area contributed by atoms with Crippen LogP contribution in [0.25, 0.3) is 0 Å². The summed E-state index contributed by atoms with van der Waals surface area (Å²) in [5, 5.41) is 5.88. The van der Waals surface area contributed by atoms with E-state index in [4.69, 9.17) is 23.7 Å². The fraction of sp³-hybridized carbons (Fsp3) is 0.875. The normalized spacial score (nSPS) is 36.8. The topological polar surface area (TPSA) is 138 Å². The molecule has 252 valence electrons. The van der Waals surface area contributed by atoms with Crippen LogP contribution in [0.4, 0.5) is 4.79 Å².